The second kappa shape index (κ2) is 6.23. The van der Waals surface area contributed by atoms with Crippen molar-refractivity contribution in [3.63, 3.8) is 0 Å². The summed E-state index contributed by atoms with van der Waals surface area (Å²) in [5, 5.41) is 23.5. The summed E-state index contributed by atoms with van der Waals surface area (Å²) in [5.41, 5.74) is 0.631. The van der Waals surface area contributed by atoms with E-state index in [1.807, 2.05) is 0 Å². The average Bonchev–Trinajstić information content (AvgIpc) is 2.91. The number of carboxylic acid groups (broad SMARTS) is 1. The summed E-state index contributed by atoms with van der Waals surface area (Å²) in [6, 6.07) is 6.80. The standard InChI is InChI=1S/C17H15NO7/c1-23-12-6-4-9-13(14(12)24-2)17(22)25-15(9)18-11-5-3-8(19)7-10(11)16(20)21/h3-7,15,18-19H,1-2H3,(H,20,21)/p-1/t15-/m0/s1. The number of cyclic esters (lactones) is 1. The molecular weight excluding hydrogens is 330 g/mol. The third-order valence-corrected chi connectivity index (χ3v) is 3.80. The number of hydrogen-bond acceptors (Lipinski definition) is 7. The van der Waals surface area contributed by atoms with Crippen LogP contribution in [0.3, 0.4) is 0 Å². The Morgan fingerprint density at radius 2 is 2.00 bits per heavy atom. The zero-order valence-corrected chi connectivity index (χ0v) is 13.4. The minimum atomic E-state index is -1.27. The number of hydrogen-bond donors (Lipinski definition) is 2. The third-order valence-electron chi connectivity index (χ3n) is 3.80. The van der Waals surface area contributed by atoms with Crippen molar-refractivity contribution in [2.75, 3.05) is 19.5 Å². The van der Waals surface area contributed by atoms with Gasteiger partial charge >= 0.3 is 11.9 Å². The molecule has 0 radical (unpaired) electrons. The van der Waals surface area contributed by atoms with Gasteiger partial charge in [-0.25, -0.2) is 9.59 Å². The molecule has 130 valence electrons. The monoisotopic (exact) mass is 344 g/mol. The lowest BCUT2D eigenvalue weighted by Crippen LogP contribution is -2.13. The van der Waals surface area contributed by atoms with Crippen molar-refractivity contribution in [2.45, 2.75) is 6.23 Å². The quantitative estimate of drug-likeness (QED) is 0.788. The van der Waals surface area contributed by atoms with Gasteiger partial charge in [-0.1, -0.05) is 12.1 Å². The van der Waals surface area contributed by atoms with Gasteiger partial charge in [-0.15, -0.1) is 5.75 Å². The fourth-order valence-electron chi connectivity index (χ4n) is 2.68. The van der Waals surface area contributed by atoms with E-state index >= 15 is 0 Å². The number of rotatable bonds is 5. The molecule has 2 aromatic carbocycles. The number of aromatic carboxylic acids is 1. The number of carboxylic acids is 1. The van der Waals surface area contributed by atoms with E-state index in [0.29, 0.717) is 11.3 Å². The van der Waals surface area contributed by atoms with Gasteiger partial charge in [-0.2, -0.15) is 0 Å². The molecule has 0 amide bonds. The largest absolute Gasteiger partial charge is 0.872 e. The van der Waals surface area contributed by atoms with Crippen LogP contribution in [-0.4, -0.2) is 31.3 Å². The van der Waals surface area contributed by atoms with Crippen LogP contribution in [0.5, 0.6) is 17.2 Å². The predicted octanol–water partition coefficient (Wildman–Crippen LogP) is 1.76. The van der Waals surface area contributed by atoms with E-state index in [0.717, 1.165) is 6.07 Å². The number of benzene rings is 2. The molecule has 0 saturated carbocycles. The molecule has 1 aliphatic rings. The lowest BCUT2D eigenvalue weighted by molar-refractivity contribution is -0.268. The number of ether oxygens (including phenoxy) is 3. The summed E-state index contributed by atoms with van der Waals surface area (Å²) < 4.78 is 15.7. The average molecular weight is 344 g/mol. The summed E-state index contributed by atoms with van der Waals surface area (Å²) in [6.45, 7) is 0. The van der Waals surface area contributed by atoms with Crippen LogP contribution in [0.4, 0.5) is 5.69 Å². The first-order chi connectivity index (χ1) is 12.0. The molecule has 0 fully saturated rings. The Morgan fingerprint density at radius 1 is 1.24 bits per heavy atom. The Kier molecular flexibility index (Phi) is 4.10. The van der Waals surface area contributed by atoms with Crippen LogP contribution in [0.2, 0.25) is 0 Å². The van der Waals surface area contributed by atoms with E-state index in [-0.39, 0.29) is 22.6 Å². The van der Waals surface area contributed by atoms with Gasteiger partial charge in [0.05, 0.1) is 25.5 Å². The Hall–Kier alpha value is -3.42. The summed E-state index contributed by atoms with van der Waals surface area (Å²) in [5.74, 6) is -1.71. The van der Waals surface area contributed by atoms with Gasteiger partial charge in [0.15, 0.2) is 11.5 Å². The van der Waals surface area contributed by atoms with Crippen molar-refractivity contribution in [3.05, 3.63) is 47.0 Å². The maximum Gasteiger partial charge on any atom is 0.344 e. The summed E-state index contributed by atoms with van der Waals surface area (Å²) in [6.07, 6.45) is -0.919. The molecule has 2 aromatic rings. The van der Waals surface area contributed by atoms with Crippen molar-refractivity contribution in [3.8, 4) is 17.2 Å². The summed E-state index contributed by atoms with van der Waals surface area (Å²) >= 11 is 0. The molecule has 25 heavy (non-hydrogen) atoms. The molecule has 2 N–H and O–H groups in total. The van der Waals surface area contributed by atoms with E-state index in [1.165, 1.54) is 26.4 Å². The van der Waals surface area contributed by atoms with Crippen LogP contribution in [-0.2, 0) is 4.74 Å². The highest BCUT2D eigenvalue weighted by molar-refractivity contribution is 5.99. The predicted molar refractivity (Wildman–Crippen MR) is 84.2 cm³/mol. The van der Waals surface area contributed by atoms with Gasteiger partial charge in [0, 0.05) is 5.56 Å². The minimum Gasteiger partial charge on any atom is -0.872 e. The van der Waals surface area contributed by atoms with Gasteiger partial charge in [0.2, 0.25) is 6.23 Å². The smallest absolute Gasteiger partial charge is 0.344 e. The van der Waals surface area contributed by atoms with E-state index in [9.17, 15) is 19.8 Å². The second-order valence-corrected chi connectivity index (χ2v) is 5.21. The van der Waals surface area contributed by atoms with Crippen LogP contribution in [0.1, 0.15) is 32.5 Å². The molecule has 0 spiro atoms. The van der Waals surface area contributed by atoms with Crippen molar-refractivity contribution in [1.82, 2.24) is 0 Å². The molecular formula is C17H14NO7-. The third kappa shape index (κ3) is 2.78. The highest BCUT2D eigenvalue weighted by Gasteiger charge is 2.36. The molecule has 1 atom stereocenters. The van der Waals surface area contributed by atoms with Crippen LogP contribution in [0.25, 0.3) is 0 Å². The van der Waals surface area contributed by atoms with Crippen LogP contribution < -0.4 is 19.9 Å². The number of methoxy groups -OCH3 is 2. The molecule has 0 aliphatic carbocycles. The molecule has 8 nitrogen and oxygen atoms in total. The maximum absolute atomic E-state index is 12.2. The lowest BCUT2D eigenvalue weighted by atomic mass is 10.1. The highest BCUT2D eigenvalue weighted by atomic mass is 16.6. The van der Waals surface area contributed by atoms with Crippen molar-refractivity contribution >= 4 is 17.6 Å². The van der Waals surface area contributed by atoms with E-state index in [2.05, 4.69) is 5.32 Å². The van der Waals surface area contributed by atoms with Gasteiger partial charge in [-0.3, -0.25) is 0 Å². The Morgan fingerprint density at radius 3 is 2.64 bits per heavy atom. The highest BCUT2D eigenvalue weighted by Crippen LogP contribution is 2.42. The molecule has 8 heteroatoms. The number of carbonyl (C=O) groups is 2. The molecule has 0 aromatic heterocycles. The minimum absolute atomic E-state index is 0.160. The molecule has 0 bridgehead atoms. The van der Waals surface area contributed by atoms with Crippen molar-refractivity contribution in [2.24, 2.45) is 0 Å². The molecule has 1 aliphatic heterocycles. The number of anilines is 1. The van der Waals surface area contributed by atoms with Crippen LogP contribution in [0, 0.1) is 0 Å². The number of nitrogens with one attached hydrogen (secondary N) is 1. The summed E-state index contributed by atoms with van der Waals surface area (Å²) in [7, 11) is 2.85. The first-order valence-electron chi connectivity index (χ1n) is 7.23. The molecule has 0 unspecified atom stereocenters. The maximum atomic E-state index is 12.2. The fraction of sp³-hybridized carbons (Fsp3) is 0.176. The lowest BCUT2D eigenvalue weighted by Gasteiger charge is -2.18. The number of carbonyl (C=O) groups excluding carboxylic acids is 1. The normalized spacial score (nSPS) is 15.3. The van der Waals surface area contributed by atoms with Gasteiger partial charge in [0.1, 0.15) is 5.56 Å². The van der Waals surface area contributed by atoms with E-state index in [1.54, 1.807) is 12.1 Å². The SMILES string of the molecule is COc1ccc2c(c1OC)C(=O)O[C@@H]2Nc1ccc([O-])cc1C(=O)O. The first-order valence-corrected chi connectivity index (χ1v) is 7.23. The fourth-order valence-corrected chi connectivity index (χ4v) is 2.68. The van der Waals surface area contributed by atoms with Crippen LogP contribution in [0.15, 0.2) is 30.3 Å². The van der Waals surface area contributed by atoms with E-state index < -0.39 is 23.9 Å². The molecule has 1 heterocycles. The number of fused-ring (bicyclic) bond motifs is 1. The summed E-state index contributed by atoms with van der Waals surface area (Å²) in [4.78, 5) is 23.5. The van der Waals surface area contributed by atoms with Crippen molar-refractivity contribution in [1.29, 1.82) is 0 Å². The van der Waals surface area contributed by atoms with Crippen molar-refractivity contribution < 1.29 is 34.0 Å². The zero-order valence-electron chi connectivity index (χ0n) is 13.4. The van der Waals surface area contributed by atoms with Gasteiger partial charge in [0.25, 0.3) is 0 Å². The first kappa shape index (κ1) is 16.4. The Balaban J connectivity index is 2.01. The van der Waals surface area contributed by atoms with Gasteiger partial charge in [-0.05, 0) is 18.2 Å². The van der Waals surface area contributed by atoms with Gasteiger partial charge < -0.3 is 29.7 Å². The second-order valence-electron chi connectivity index (χ2n) is 5.21. The van der Waals surface area contributed by atoms with E-state index in [4.69, 9.17) is 14.2 Å². The van der Waals surface area contributed by atoms with Crippen LogP contribution >= 0.6 is 0 Å². The molecule has 3 rings (SSSR count). The Bertz CT molecular complexity index is 862. The zero-order chi connectivity index (χ0) is 18.1. The topological polar surface area (TPSA) is 117 Å². The number of esters is 1. The molecule has 0 saturated heterocycles. The Labute approximate surface area is 142 Å².